The maximum absolute atomic E-state index is 12.7. The van der Waals surface area contributed by atoms with Gasteiger partial charge in [-0.25, -0.2) is 0 Å². The minimum atomic E-state index is -0.250. The number of methoxy groups -OCH3 is 3. The summed E-state index contributed by atoms with van der Waals surface area (Å²) in [5, 5.41) is 3.31. The second kappa shape index (κ2) is 10.6. The first kappa shape index (κ1) is 22.4. The van der Waals surface area contributed by atoms with E-state index in [0.717, 1.165) is 11.1 Å². The molecule has 0 aliphatic heterocycles. The van der Waals surface area contributed by atoms with Crippen molar-refractivity contribution in [1.29, 1.82) is 0 Å². The highest BCUT2D eigenvalue weighted by molar-refractivity contribution is 6.32. The molecule has 6 nitrogen and oxygen atoms in total. The molecule has 2 aromatic carbocycles. The predicted molar refractivity (Wildman–Crippen MR) is 114 cm³/mol. The highest BCUT2D eigenvalue weighted by Gasteiger charge is 2.17. The van der Waals surface area contributed by atoms with Gasteiger partial charge in [-0.15, -0.1) is 6.58 Å². The molecule has 7 heteroatoms. The zero-order valence-electron chi connectivity index (χ0n) is 17.1. The number of hydrogen-bond acceptors (Lipinski definition) is 5. The van der Waals surface area contributed by atoms with E-state index in [4.69, 9.17) is 30.5 Å². The van der Waals surface area contributed by atoms with E-state index in [1.165, 1.54) is 7.11 Å². The third-order valence-corrected chi connectivity index (χ3v) is 4.49. The summed E-state index contributed by atoms with van der Waals surface area (Å²) >= 11 is 6.30. The molecule has 0 spiro atoms. The van der Waals surface area contributed by atoms with Gasteiger partial charge in [-0.05, 0) is 43.2 Å². The quantitative estimate of drug-likeness (QED) is 0.577. The second-order valence-electron chi connectivity index (χ2n) is 6.09. The molecule has 0 atom stereocenters. The van der Waals surface area contributed by atoms with E-state index >= 15 is 0 Å². The van der Waals surface area contributed by atoms with Crippen LogP contribution in [-0.2, 0) is 13.0 Å². The molecular weight excluding hydrogens is 394 g/mol. The van der Waals surface area contributed by atoms with Crippen molar-refractivity contribution in [3.05, 3.63) is 58.6 Å². The number of ether oxygens (including phenoxy) is 4. The van der Waals surface area contributed by atoms with Crippen LogP contribution < -0.4 is 24.3 Å². The lowest BCUT2D eigenvalue weighted by Gasteiger charge is -2.15. The van der Waals surface area contributed by atoms with E-state index in [1.807, 2.05) is 6.92 Å². The van der Waals surface area contributed by atoms with Crippen molar-refractivity contribution in [2.45, 2.75) is 19.9 Å². The van der Waals surface area contributed by atoms with Crippen LogP contribution in [0.5, 0.6) is 23.0 Å². The van der Waals surface area contributed by atoms with Crippen molar-refractivity contribution >= 4 is 17.5 Å². The highest BCUT2D eigenvalue weighted by Crippen LogP contribution is 2.36. The van der Waals surface area contributed by atoms with Crippen molar-refractivity contribution in [3.8, 4) is 23.0 Å². The van der Waals surface area contributed by atoms with E-state index in [9.17, 15) is 4.79 Å². The normalized spacial score (nSPS) is 10.2. The Balaban J connectivity index is 2.24. The molecular formula is C22H26ClNO5. The lowest BCUT2D eigenvalue weighted by Crippen LogP contribution is -2.23. The van der Waals surface area contributed by atoms with Crippen LogP contribution in [-0.4, -0.2) is 33.8 Å². The predicted octanol–water partition coefficient (Wildman–Crippen LogP) is 4.42. The summed E-state index contributed by atoms with van der Waals surface area (Å²) in [4.78, 5) is 12.7. The summed E-state index contributed by atoms with van der Waals surface area (Å²) in [7, 11) is 4.64. The Hall–Kier alpha value is -2.86. The lowest BCUT2D eigenvalue weighted by molar-refractivity contribution is 0.0950. The number of rotatable bonds is 10. The van der Waals surface area contributed by atoms with Gasteiger partial charge < -0.3 is 24.3 Å². The fourth-order valence-electron chi connectivity index (χ4n) is 2.93. The summed E-state index contributed by atoms with van der Waals surface area (Å²) in [5.74, 6) is 1.83. The maximum atomic E-state index is 12.7. The van der Waals surface area contributed by atoms with Gasteiger partial charge in [-0.1, -0.05) is 17.7 Å². The summed E-state index contributed by atoms with van der Waals surface area (Å²) in [6.45, 7) is 6.36. The monoisotopic (exact) mass is 419 g/mol. The van der Waals surface area contributed by atoms with Gasteiger partial charge in [0.05, 0.1) is 33.0 Å². The van der Waals surface area contributed by atoms with Crippen molar-refractivity contribution in [1.82, 2.24) is 5.32 Å². The number of carbonyl (C=O) groups is 1. The van der Waals surface area contributed by atoms with Crippen molar-refractivity contribution < 1.29 is 23.7 Å². The van der Waals surface area contributed by atoms with Crippen LogP contribution in [0.4, 0.5) is 0 Å². The van der Waals surface area contributed by atoms with Gasteiger partial charge in [0.25, 0.3) is 5.91 Å². The number of amides is 1. The van der Waals surface area contributed by atoms with E-state index in [-0.39, 0.29) is 12.5 Å². The molecule has 0 bridgehead atoms. The van der Waals surface area contributed by atoms with Crippen molar-refractivity contribution in [2.75, 3.05) is 27.9 Å². The molecule has 2 rings (SSSR count). The van der Waals surface area contributed by atoms with Gasteiger partial charge in [0, 0.05) is 17.7 Å². The Morgan fingerprint density at radius 1 is 1.07 bits per heavy atom. The summed E-state index contributed by atoms with van der Waals surface area (Å²) in [6, 6.07) is 6.94. The first-order valence-corrected chi connectivity index (χ1v) is 9.49. The fraction of sp³-hybridized carbons (Fsp3) is 0.318. The molecule has 0 unspecified atom stereocenters. The van der Waals surface area contributed by atoms with E-state index < -0.39 is 0 Å². The van der Waals surface area contributed by atoms with Crippen LogP contribution in [0.15, 0.2) is 36.9 Å². The zero-order valence-corrected chi connectivity index (χ0v) is 17.9. The summed E-state index contributed by atoms with van der Waals surface area (Å²) in [6.07, 6.45) is 2.29. The number of benzene rings is 2. The summed E-state index contributed by atoms with van der Waals surface area (Å²) in [5.41, 5.74) is 2.07. The molecule has 1 N–H and O–H groups in total. The second-order valence-corrected chi connectivity index (χ2v) is 6.50. The number of hydrogen-bond donors (Lipinski definition) is 1. The third-order valence-electron chi connectivity index (χ3n) is 4.21. The first-order valence-electron chi connectivity index (χ1n) is 9.12. The van der Waals surface area contributed by atoms with Gasteiger partial charge in [-0.2, -0.15) is 0 Å². The average molecular weight is 420 g/mol. The topological polar surface area (TPSA) is 66.0 Å². The standard InChI is InChI=1S/C22H26ClNO5/c1-6-8-15-11-16(12-19(27-4)20(15)28-5)22(25)24-13-14-9-17(23)21(29-7-2)18(10-14)26-3/h6,9-12H,1,7-8,13H2,2-5H3,(H,24,25). The molecule has 0 aliphatic rings. The number of halogens is 1. The molecule has 0 heterocycles. The Labute approximate surface area is 176 Å². The van der Waals surface area contributed by atoms with Crippen LogP contribution in [0, 0.1) is 0 Å². The molecule has 0 radical (unpaired) electrons. The Bertz CT molecular complexity index is 882. The number of nitrogens with one attached hydrogen (secondary N) is 1. The van der Waals surface area contributed by atoms with Gasteiger partial charge in [0.2, 0.25) is 0 Å². The zero-order chi connectivity index (χ0) is 21.4. The number of carbonyl (C=O) groups excluding carboxylic acids is 1. The Morgan fingerprint density at radius 3 is 2.34 bits per heavy atom. The Kier molecular flexibility index (Phi) is 8.21. The molecule has 0 saturated heterocycles. The van der Waals surface area contributed by atoms with Gasteiger partial charge in [0.1, 0.15) is 0 Å². The minimum absolute atomic E-state index is 0.250. The van der Waals surface area contributed by atoms with E-state index in [1.54, 1.807) is 44.6 Å². The fourth-order valence-corrected chi connectivity index (χ4v) is 3.21. The largest absolute Gasteiger partial charge is 0.493 e. The first-order chi connectivity index (χ1) is 14.0. The number of allylic oxidation sites excluding steroid dienone is 1. The third kappa shape index (κ3) is 5.35. The molecule has 0 fully saturated rings. The average Bonchev–Trinajstić information content (AvgIpc) is 2.73. The van der Waals surface area contributed by atoms with Gasteiger partial charge in [-0.3, -0.25) is 4.79 Å². The molecule has 0 saturated carbocycles. The SMILES string of the molecule is C=CCc1cc(C(=O)NCc2cc(Cl)c(OCC)c(OC)c2)cc(OC)c1OC. The lowest BCUT2D eigenvalue weighted by atomic mass is 10.0. The minimum Gasteiger partial charge on any atom is -0.493 e. The molecule has 1 amide bonds. The van der Waals surface area contributed by atoms with Crippen LogP contribution in [0.25, 0.3) is 0 Å². The molecule has 0 aromatic heterocycles. The van der Waals surface area contributed by atoms with Crippen LogP contribution in [0.1, 0.15) is 28.4 Å². The van der Waals surface area contributed by atoms with Gasteiger partial charge in [0.15, 0.2) is 23.0 Å². The van der Waals surface area contributed by atoms with Crippen molar-refractivity contribution in [2.24, 2.45) is 0 Å². The molecule has 156 valence electrons. The van der Waals surface area contributed by atoms with Crippen molar-refractivity contribution in [3.63, 3.8) is 0 Å². The van der Waals surface area contributed by atoms with Crippen LogP contribution in [0.3, 0.4) is 0 Å². The van der Waals surface area contributed by atoms with Crippen LogP contribution in [0.2, 0.25) is 5.02 Å². The maximum Gasteiger partial charge on any atom is 0.251 e. The summed E-state index contributed by atoms with van der Waals surface area (Å²) < 4.78 is 21.6. The van der Waals surface area contributed by atoms with Crippen LogP contribution >= 0.6 is 11.6 Å². The molecule has 29 heavy (non-hydrogen) atoms. The van der Waals surface area contributed by atoms with E-state index in [0.29, 0.717) is 46.6 Å². The smallest absolute Gasteiger partial charge is 0.251 e. The van der Waals surface area contributed by atoms with E-state index in [2.05, 4.69) is 11.9 Å². The van der Waals surface area contributed by atoms with Gasteiger partial charge >= 0.3 is 0 Å². The Morgan fingerprint density at radius 2 is 1.76 bits per heavy atom. The molecule has 2 aromatic rings. The molecule has 0 aliphatic carbocycles. The highest BCUT2D eigenvalue weighted by atomic mass is 35.5.